The van der Waals surface area contributed by atoms with Gasteiger partial charge >= 0.3 is 0 Å². The minimum Gasteiger partial charge on any atom is -0.244 e. The van der Waals surface area contributed by atoms with E-state index in [4.69, 9.17) is 0 Å². The lowest BCUT2D eigenvalue weighted by molar-refractivity contribution is 0.918. The number of thiazole rings is 1. The maximum absolute atomic E-state index is 4.52. The van der Waals surface area contributed by atoms with Gasteiger partial charge in [0.05, 0.1) is 10.7 Å². The average molecular weight is 203 g/mol. The summed E-state index contributed by atoms with van der Waals surface area (Å²) in [6.45, 7) is 2.05. The predicted molar refractivity (Wildman–Crippen MR) is 55.3 cm³/mol. The smallest absolute Gasteiger partial charge is 0.116 e. The van der Waals surface area contributed by atoms with Crippen LogP contribution in [0, 0.1) is 6.92 Å². The minimum absolute atomic E-state index is 1.03. The predicted octanol–water partition coefficient (Wildman–Crippen LogP) is 2.01. The number of hydrogen-bond donors (Lipinski definition) is 0. The van der Waals surface area contributed by atoms with E-state index in [0.29, 0.717) is 0 Å². The summed E-state index contributed by atoms with van der Waals surface area (Å²) in [4.78, 5) is 14.2. The third-order valence-corrected chi connectivity index (χ3v) is 3.47. The number of rotatable bonds is 0. The van der Waals surface area contributed by atoms with Crippen molar-refractivity contribution < 1.29 is 0 Å². The lowest BCUT2D eigenvalue weighted by atomic mass is 10.00. The molecule has 0 bridgehead atoms. The number of aryl methyl sites for hydroxylation is 3. The zero-order valence-electron chi connectivity index (χ0n) is 7.82. The molecule has 0 radical (unpaired) electrons. The number of nitrogens with zero attached hydrogens (tertiary/aromatic N) is 3. The zero-order valence-corrected chi connectivity index (χ0v) is 8.64. The molecule has 0 unspecified atom stereocenters. The van der Waals surface area contributed by atoms with Gasteiger partial charge < -0.3 is 0 Å². The highest BCUT2D eigenvalue weighted by Crippen LogP contribution is 2.33. The summed E-state index contributed by atoms with van der Waals surface area (Å²) in [5, 5.41) is 1.13. The summed E-state index contributed by atoms with van der Waals surface area (Å²) in [5.41, 5.74) is 3.34. The molecular formula is C10H9N3S. The highest BCUT2D eigenvalue weighted by atomic mass is 32.1. The number of fused-ring (bicyclic) bond motifs is 3. The van der Waals surface area contributed by atoms with E-state index in [1.54, 1.807) is 17.7 Å². The van der Waals surface area contributed by atoms with Crippen molar-refractivity contribution in [1.82, 2.24) is 15.0 Å². The van der Waals surface area contributed by atoms with Gasteiger partial charge in [0.1, 0.15) is 12.0 Å². The van der Waals surface area contributed by atoms with Crippen molar-refractivity contribution in [2.24, 2.45) is 0 Å². The first-order valence-electron chi connectivity index (χ1n) is 4.60. The van der Waals surface area contributed by atoms with Crippen molar-refractivity contribution in [1.29, 1.82) is 0 Å². The Hall–Kier alpha value is -1.29. The monoisotopic (exact) mass is 203 g/mol. The molecule has 0 spiro atoms. The molecule has 14 heavy (non-hydrogen) atoms. The van der Waals surface area contributed by atoms with E-state index < -0.39 is 0 Å². The molecule has 2 aromatic heterocycles. The summed E-state index contributed by atoms with van der Waals surface area (Å²) in [7, 11) is 0. The first-order valence-corrected chi connectivity index (χ1v) is 5.42. The Labute approximate surface area is 85.9 Å². The molecule has 0 N–H and O–H groups in total. The fourth-order valence-electron chi connectivity index (χ4n) is 1.83. The van der Waals surface area contributed by atoms with Crippen LogP contribution in [0.5, 0.6) is 0 Å². The first kappa shape index (κ1) is 8.05. The molecule has 2 heterocycles. The Balaban J connectivity index is 2.28. The number of hydrogen-bond acceptors (Lipinski definition) is 4. The van der Waals surface area contributed by atoms with Crippen molar-refractivity contribution in [3.63, 3.8) is 0 Å². The van der Waals surface area contributed by atoms with Crippen LogP contribution in [0.2, 0.25) is 0 Å². The van der Waals surface area contributed by atoms with Crippen LogP contribution in [-0.4, -0.2) is 15.0 Å². The molecule has 70 valence electrons. The largest absolute Gasteiger partial charge is 0.244 e. The molecule has 2 aromatic rings. The van der Waals surface area contributed by atoms with Gasteiger partial charge in [-0.1, -0.05) is 0 Å². The van der Waals surface area contributed by atoms with Crippen LogP contribution in [0.25, 0.3) is 11.4 Å². The third kappa shape index (κ3) is 1.07. The molecule has 0 aliphatic heterocycles. The van der Waals surface area contributed by atoms with Gasteiger partial charge in [-0.15, -0.1) is 11.3 Å². The Morgan fingerprint density at radius 1 is 1.29 bits per heavy atom. The molecule has 0 amide bonds. The normalized spacial score (nSPS) is 13.5. The molecular weight excluding hydrogens is 194 g/mol. The summed E-state index contributed by atoms with van der Waals surface area (Å²) >= 11 is 1.78. The Kier molecular flexibility index (Phi) is 1.64. The van der Waals surface area contributed by atoms with E-state index in [2.05, 4.69) is 15.0 Å². The summed E-state index contributed by atoms with van der Waals surface area (Å²) < 4.78 is 0. The van der Waals surface area contributed by atoms with Crippen molar-refractivity contribution >= 4 is 11.3 Å². The topological polar surface area (TPSA) is 38.7 Å². The maximum Gasteiger partial charge on any atom is 0.116 e. The second-order valence-corrected chi connectivity index (χ2v) is 4.69. The van der Waals surface area contributed by atoms with Gasteiger partial charge in [-0.3, -0.25) is 0 Å². The second-order valence-electron chi connectivity index (χ2n) is 3.40. The van der Waals surface area contributed by atoms with Crippen LogP contribution in [0.1, 0.15) is 15.4 Å². The van der Waals surface area contributed by atoms with Crippen LogP contribution in [-0.2, 0) is 12.8 Å². The molecule has 0 fully saturated rings. The van der Waals surface area contributed by atoms with Gasteiger partial charge in [0, 0.05) is 11.1 Å². The Morgan fingerprint density at radius 3 is 3.14 bits per heavy atom. The number of aromatic nitrogens is 3. The van der Waals surface area contributed by atoms with Crippen LogP contribution in [0.3, 0.4) is 0 Å². The van der Waals surface area contributed by atoms with Crippen LogP contribution < -0.4 is 0 Å². The molecule has 0 saturated carbocycles. The van der Waals surface area contributed by atoms with Gasteiger partial charge in [0.2, 0.25) is 0 Å². The van der Waals surface area contributed by atoms with Crippen LogP contribution >= 0.6 is 11.3 Å². The highest BCUT2D eigenvalue weighted by molar-refractivity contribution is 7.12. The highest BCUT2D eigenvalue weighted by Gasteiger charge is 2.20. The van der Waals surface area contributed by atoms with E-state index in [-0.39, 0.29) is 0 Å². The lowest BCUT2D eigenvalue weighted by Gasteiger charge is -2.12. The Bertz CT molecular complexity index is 490. The van der Waals surface area contributed by atoms with Crippen molar-refractivity contribution in [3.8, 4) is 11.4 Å². The van der Waals surface area contributed by atoms with Gasteiger partial charge in [0.15, 0.2) is 0 Å². The standard InChI is InChI=1S/C10H9N3S/c1-6-13-10-8(14-6)3-2-7-4-11-5-12-9(7)10/h4-5H,2-3H2,1H3. The lowest BCUT2D eigenvalue weighted by Crippen LogP contribution is -2.04. The van der Waals surface area contributed by atoms with Gasteiger partial charge in [0.25, 0.3) is 0 Å². The van der Waals surface area contributed by atoms with Gasteiger partial charge in [-0.2, -0.15) is 0 Å². The quantitative estimate of drug-likeness (QED) is 0.657. The molecule has 0 atom stereocenters. The van der Waals surface area contributed by atoms with Gasteiger partial charge in [-0.25, -0.2) is 15.0 Å². The van der Waals surface area contributed by atoms with Gasteiger partial charge in [-0.05, 0) is 25.3 Å². The van der Waals surface area contributed by atoms with Crippen molar-refractivity contribution in [2.75, 3.05) is 0 Å². The third-order valence-electron chi connectivity index (χ3n) is 2.44. The Morgan fingerprint density at radius 2 is 2.21 bits per heavy atom. The first-order chi connectivity index (χ1) is 6.84. The molecule has 0 saturated heterocycles. The second kappa shape index (κ2) is 2.85. The van der Waals surface area contributed by atoms with Crippen LogP contribution in [0.4, 0.5) is 0 Å². The van der Waals surface area contributed by atoms with Crippen molar-refractivity contribution in [2.45, 2.75) is 19.8 Å². The fourth-order valence-corrected chi connectivity index (χ4v) is 2.76. The van der Waals surface area contributed by atoms with Crippen molar-refractivity contribution in [3.05, 3.63) is 28.0 Å². The average Bonchev–Trinajstić information content (AvgIpc) is 2.59. The molecule has 0 aromatic carbocycles. The summed E-state index contributed by atoms with van der Waals surface area (Å²) in [6.07, 6.45) is 5.63. The van der Waals surface area contributed by atoms with Crippen LogP contribution in [0.15, 0.2) is 12.5 Å². The van der Waals surface area contributed by atoms with E-state index in [1.165, 1.54) is 10.4 Å². The maximum atomic E-state index is 4.52. The SMILES string of the molecule is Cc1nc2c(s1)CCc1cncnc1-2. The molecule has 1 aliphatic rings. The van der Waals surface area contributed by atoms with E-state index in [0.717, 1.165) is 29.2 Å². The molecule has 3 rings (SSSR count). The summed E-state index contributed by atoms with van der Waals surface area (Å²) in [5.74, 6) is 0. The molecule has 3 nitrogen and oxygen atoms in total. The minimum atomic E-state index is 1.03. The van der Waals surface area contributed by atoms with E-state index >= 15 is 0 Å². The summed E-state index contributed by atoms with van der Waals surface area (Å²) in [6, 6.07) is 0. The zero-order chi connectivity index (χ0) is 9.54. The molecule has 1 aliphatic carbocycles. The van der Waals surface area contributed by atoms with E-state index in [1.807, 2.05) is 13.1 Å². The van der Waals surface area contributed by atoms with E-state index in [9.17, 15) is 0 Å². The fraction of sp³-hybridized carbons (Fsp3) is 0.300. The molecule has 4 heteroatoms.